The molecule has 0 saturated heterocycles. The summed E-state index contributed by atoms with van der Waals surface area (Å²) in [6, 6.07) is 72.6. The molecule has 2 atom stereocenters. The second kappa shape index (κ2) is 37.9. The minimum absolute atomic E-state index is 0. The Bertz CT molecular complexity index is 5760. The number of nitrogens with zero attached hydrogens (tertiary/aromatic N) is 13. The van der Waals surface area contributed by atoms with Gasteiger partial charge in [-0.15, -0.1) is 71.8 Å². The molecule has 9 aromatic heterocycles. The van der Waals surface area contributed by atoms with Crippen molar-refractivity contribution in [1.29, 1.82) is 5.26 Å². The van der Waals surface area contributed by atoms with Crippen molar-refractivity contribution in [3.05, 3.63) is 317 Å². The summed E-state index contributed by atoms with van der Waals surface area (Å²) in [7, 11) is 0. The van der Waals surface area contributed by atoms with Crippen molar-refractivity contribution < 1.29 is 85.2 Å². The Hall–Kier alpha value is -10.1. The monoisotopic (exact) mass is 2090 g/mol. The van der Waals surface area contributed by atoms with E-state index in [0.29, 0.717) is 51.7 Å². The average molecular weight is 2090 g/mol. The summed E-state index contributed by atoms with van der Waals surface area (Å²) in [4.78, 5) is 34.3. The van der Waals surface area contributed by atoms with E-state index in [-0.39, 0.29) is 92.6 Å². The number of pyridine rings is 6. The van der Waals surface area contributed by atoms with Gasteiger partial charge in [0.1, 0.15) is 41.4 Å². The van der Waals surface area contributed by atoms with E-state index in [9.17, 15) is 22.8 Å². The number of nitriles is 1. The van der Waals surface area contributed by atoms with Gasteiger partial charge in [0, 0.05) is 65.9 Å². The maximum Gasteiger partial charge on any atom is 2.00 e. The van der Waals surface area contributed by atoms with E-state index in [2.05, 4.69) is 198 Å². The van der Waals surface area contributed by atoms with Gasteiger partial charge in [-0.2, -0.15) is 63.5 Å². The molecule has 14 rings (SSSR count). The number of para-hydroxylation sites is 1. The van der Waals surface area contributed by atoms with Crippen LogP contribution in [-0.2, 0) is 92.3 Å². The third-order valence-electron chi connectivity index (χ3n) is 20.1. The molecular formula is C95H90F4N13OPt3-3. The molecule has 2 unspecified atom stereocenters. The summed E-state index contributed by atoms with van der Waals surface area (Å²) in [5.41, 5.74) is 15.1. The van der Waals surface area contributed by atoms with Gasteiger partial charge in [0.2, 0.25) is 0 Å². The summed E-state index contributed by atoms with van der Waals surface area (Å²) >= 11 is 0. The number of aromatic nitrogens is 11. The van der Waals surface area contributed by atoms with Crippen molar-refractivity contribution in [2.24, 2.45) is 10.8 Å². The van der Waals surface area contributed by atoms with E-state index < -0.39 is 40.0 Å². The molecule has 0 N–H and O–H groups in total. The van der Waals surface area contributed by atoms with Gasteiger partial charge in [0.25, 0.3) is 0 Å². The number of halogens is 4. The molecular weight excluding hydrogens is 2000 g/mol. The Balaban J connectivity index is 0.000000215. The first-order valence-electron chi connectivity index (χ1n) is 37.4. The number of hydrogen-bond donors (Lipinski definition) is 0. The second-order valence-corrected chi connectivity index (χ2v) is 32.3. The van der Waals surface area contributed by atoms with Crippen LogP contribution in [0.2, 0.25) is 0 Å². The van der Waals surface area contributed by atoms with E-state index >= 15 is 0 Å². The van der Waals surface area contributed by atoms with Crippen LogP contribution in [0.25, 0.3) is 83.2 Å². The van der Waals surface area contributed by atoms with Crippen molar-refractivity contribution in [2.75, 3.05) is 0 Å². The number of hydrogen-bond acceptors (Lipinski definition) is 11. The molecule has 14 aromatic rings. The smallest absolute Gasteiger partial charge is 0.513 e. The minimum Gasteiger partial charge on any atom is -0.513 e. The average Bonchev–Trinajstić information content (AvgIpc) is 1.57. The Morgan fingerprint density at radius 1 is 0.526 bits per heavy atom. The molecule has 0 aliphatic carbocycles. The molecule has 0 bridgehead atoms. The van der Waals surface area contributed by atoms with Gasteiger partial charge >= 0.3 is 42.1 Å². The van der Waals surface area contributed by atoms with Crippen molar-refractivity contribution in [1.82, 2.24) is 54.4 Å². The zero-order valence-corrected chi connectivity index (χ0v) is 74.7. The Morgan fingerprint density at radius 2 is 1.05 bits per heavy atom. The molecule has 21 heteroatoms. The largest absolute Gasteiger partial charge is 2.00 e. The fourth-order valence-corrected chi connectivity index (χ4v) is 13.2. The third kappa shape index (κ3) is 20.8. The zero-order chi connectivity index (χ0) is 80.2. The summed E-state index contributed by atoms with van der Waals surface area (Å²) in [5.74, 6) is -2.50. The van der Waals surface area contributed by atoms with Crippen LogP contribution in [0, 0.1) is 96.3 Å². The molecule has 0 spiro atoms. The van der Waals surface area contributed by atoms with Gasteiger partial charge in [0.05, 0.1) is 29.2 Å². The van der Waals surface area contributed by atoms with Gasteiger partial charge in [-0.05, 0) is 166 Å². The van der Waals surface area contributed by atoms with Crippen LogP contribution in [0.15, 0.2) is 181 Å². The molecule has 0 aliphatic rings. The summed E-state index contributed by atoms with van der Waals surface area (Å²) in [6.45, 7) is 41.7. The number of furan rings is 1. The number of fused-ring (bicyclic) bond motifs is 3. The van der Waals surface area contributed by atoms with Crippen LogP contribution in [-0.4, -0.2) is 54.4 Å². The molecule has 14 nitrogen and oxygen atoms in total. The number of benzene rings is 5. The van der Waals surface area contributed by atoms with Crippen molar-refractivity contribution in [2.45, 2.75) is 165 Å². The Kier molecular flexibility index (Phi) is 29.9. The fourth-order valence-electron chi connectivity index (χ4n) is 13.2. The first kappa shape index (κ1) is 91.4. The molecule has 602 valence electrons. The van der Waals surface area contributed by atoms with E-state index in [1.165, 1.54) is 16.7 Å². The SMILES string of the molecule is CC(C)(C)Cc1cc(C(C)(C)c2cccc(-c3[c-]cc(F)nc3F)n2)nn1-c1[c-]ccc2c1oc1ccccc12.CC(C)(C)Cc1cc[c-]c(-n2cnc(C(C)(C)c3cccc(-c4[c-]cc(F)nc4F)n3)n2)c1.[C-]#[N+]c1cc[c-]c(-c2cc(C(C)CC)cc(C(C)(C)c3cc(C(C)CC)cc(-c4[c-]ccc(C#N)c4)n3)n2)c1.[CH3-].[Pt+2].[Pt+2].[Pt]. The Morgan fingerprint density at radius 3 is 1.60 bits per heavy atom. The van der Waals surface area contributed by atoms with E-state index in [1.807, 2.05) is 99.1 Å². The van der Waals surface area contributed by atoms with Crippen LogP contribution in [0.5, 0.6) is 0 Å². The van der Waals surface area contributed by atoms with Gasteiger partial charge in [0.15, 0.2) is 5.82 Å². The van der Waals surface area contributed by atoms with Crippen LogP contribution in [0.1, 0.15) is 198 Å². The van der Waals surface area contributed by atoms with Crippen molar-refractivity contribution >= 4 is 27.6 Å². The molecule has 0 aliphatic heterocycles. The quantitative estimate of drug-likeness (QED) is 0.0455. The molecule has 0 amide bonds. The summed E-state index contributed by atoms with van der Waals surface area (Å²) in [5, 5.41) is 21.3. The van der Waals surface area contributed by atoms with Crippen LogP contribution < -0.4 is 0 Å². The molecule has 0 fully saturated rings. The first-order valence-corrected chi connectivity index (χ1v) is 37.4. The van der Waals surface area contributed by atoms with Crippen molar-refractivity contribution in [3.8, 4) is 62.5 Å². The summed E-state index contributed by atoms with van der Waals surface area (Å²) < 4.78 is 65.1. The molecule has 0 radical (unpaired) electrons. The molecule has 116 heavy (non-hydrogen) atoms. The van der Waals surface area contributed by atoms with Crippen molar-refractivity contribution in [3.63, 3.8) is 0 Å². The topological polar surface area (TPSA) is 167 Å². The van der Waals surface area contributed by atoms with Crippen LogP contribution in [0.3, 0.4) is 0 Å². The molecule has 0 saturated carbocycles. The van der Waals surface area contributed by atoms with Gasteiger partial charge < -0.3 is 31.8 Å². The normalized spacial score (nSPS) is 12.1. The van der Waals surface area contributed by atoms with E-state index in [1.54, 1.807) is 59.5 Å². The maximum absolute atomic E-state index is 14.4. The predicted molar refractivity (Wildman–Crippen MR) is 437 cm³/mol. The third-order valence-corrected chi connectivity index (χ3v) is 20.1. The minimum atomic E-state index is -0.953. The first-order chi connectivity index (χ1) is 53.2. The van der Waals surface area contributed by atoms with E-state index in [0.717, 1.165) is 116 Å². The molecule has 5 aromatic carbocycles. The zero-order valence-electron chi connectivity index (χ0n) is 67.9. The second-order valence-electron chi connectivity index (χ2n) is 32.3. The van der Waals surface area contributed by atoms with Gasteiger partial charge in [-0.25, -0.2) is 27.2 Å². The maximum atomic E-state index is 14.4. The summed E-state index contributed by atoms with van der Waals surface area (Å²) in [6.07, 6.45) is 5.36. The van der Waals surface area contributed by atoms with Gasteiger partial charge in [-0.3, -0.25) is 19.5 Å². The van der Waals surface area contributed by atoms with E-state index in [4.69, 9.17) is 31.0 Å². The Labute approximate surface area is 722 Å². The number of rotatable bonds is 18. The molecule has 9 heterocycles. The van der Waals surface area contributed by atoms with Crippen LogP contribution >= 0.6 is 0 Å². The van der Waals surface area contributed by atoms with Gasteiger partial charge in [-0.1, -0.05) is 164 Å². The fraction of sp³-hybridized carbons (Fsp3) is 0.284. The van der Waals surface area contributed by atoms with Crippen LogP contribution in [0.4, 0.5) is 23.2 Å². The standard InChI is InChI=1S/C35H34N4.C33H28F2N4O.C26H25F2N5.CH3.3Pt/c1-8-23(3)28-18-31(26-13-10-12-25(16-26)22-36)38-33(20-28)35(5,6)34-21-29(24(4)9-2)19-32(39-34)27-14-11-15-30(17-27)37-7;1-32(2,3)19-20-18-28(33(4,5)27-15-9-12-24(36-27)23-16-17-29(34)37-31(23)35)38-39(20)25-13-8-11-22-21-10-6-7-14-26(21)40-30(22)25;1-25(2,3)15-17-8-6-9-18(14-17)33-16-29-24(32-33)26(4,5)21-11-7-10-20(30-21)19-12-13-22(27)31-23(19)28;;;;/h10-12,15-21,23-24H,8-9H2,1-6H3;6-12,14-15,17-18H,19H2,1-5H3;6-8,10-11,13-14,16H,15H2,1-5H3;1H3;;;/q3*-2;-1;;2*+2. The predicted octanol–water partition coefficient (Wildman–Crippen LogP) is 23.2.